The van der Waals surface area contributed by atoms with E-state index in [9.17, 15) is 9.59 Å². The Morgan fingerprint density at radius 2 is 2.21 bits per heavy atom. The Morgan fingerprint density at radius 1 is 1.47 bits per heavy atom. The van der Waals surface area contributed by atoms with E-state index in [4.69, 9.17) is 4.74 Å². The summed E-state index contributed by atoms with van der Waals surface area (Å²) in [6, 6.07) is 0. The van der Waals surface area contributed by atoms with Gasteiger partial charge in [0.1, 0.15) is 0 Å². The van der Waals surface area contributed by atoms with Crippen molar-refractivity contribution >= 4 is 11.8 Å². The molecule has 2 amide bonds. The van der Waals surface area contributed by atoms with Gasteiger partial charge in [0, 0.05) is 26.7 Å². The van der Waals surface area contributed by atoms with Crippen LogP contribution in [-0.2, 0) is 14.3 Å². The summed E-state index contributed by atoms with van der Waals surface area (Å²) in [7, 11) is 1.65. The van der Waals surface area contributed by atoms with Crippen LogP contribution in [-0.4, -0.2) is 62.7 Å². The molecular formula is C13H25N3O3. The van der Waals surface area contributed by atoms with Crippen LogP contribution in [0.5, 0.6) is 0 Å². The minimum atomic E-state index is -0.118. The Labute approximate surface area is 114 Å². The van der Waals surface area contributed by atoms with E-state index in [-0.39, 0.29) is 24.5 Å². The second-order valence-electron chi connectivity index (χ2n) is 5.35. The summed E-state index contributed by atoms with van der Waals surface area (Å²) in [5, 5.41) is 5.97. The fourth-order valence-electron chi connectivity index (χ4n) is 1.78. The van der Waals surface area contributed by atoms with Crippen molar-refractivity contribution in [1.29, 1.82) is 0 Å². The molecule has 1 aliphatic heterocycles. The fraction of sp³-hybridized carbons (Fsp3) is 0.846. The van der Waals surface area contributed by atoms with Crippen molar-refractivity contribution in [1.82, 2.24) is 15.5 Å². The van der Waals surface area contributed by atoms with Gasteiger partial charge in [0.05, 0.1) is 25.7 Å². The number of likely N-dealkylation sites (N-methyl/N-ethyl adjacent to an activating group) is 1. The van der Waals surface area contributed by atoms with Gasteiger partial charge in [-0.1, -0.05) is 13.8 Å². The van der Waals surface area contributed by atoms with Gasteiger partial charge in [-0.15, -0.1) is 0 Å². The smallest absolute Gasteiger partial charge is 0.239 e. The van der Waals surface area contributed by atoms with Crippen LogP contribution in [0.3, 0.4) is 0 Å². The van der Waals surface area contributed by atoms with E-state index < -0.39 is 0 Å². The topological polar surface area (TPSA) is 70.7 Å². The summed E-state index contributed by atoms with van der Waals surface area (Å²) in [5.41, 5.74) is 0. The third-order valence-electron chi connectivity index (χ3n) is 2.92. The Morgan fingerprint density at radius 3 is 2.79 bits per heavy atom. The van der Waals surface area contributed by atoms with E-state index in [1.807, 2.05) is 13.8 Å². The number of ether oxygens (including phenoxy) is 1. The van der Waals surface area contributed by atoms with Gasteiger partial charge in [0.25, 0.3) is 0 Å². The van der Waals surface area contributed by atoms with E-state index in [0.717, 1.165) is 6.54 Å². The number of hydrogen-bond donors (Lipinski definition) is 2. The second-order valence-corrected chi connectivity index (χ2v) is 5.35. The van der Waals surface area contributed by atoms with Crippen LogP contribution in [0.1, 0.15) is 20.3 Å². The van der Waals surface area contributed by atoms with Crippen LogP contribution >= 0.6 is 0 Å². The van der Waals surface area contributed by atoms with Crippen LogP contribution in [0.25, 0.3) is 0 Å². The molecule has 0 bridgehead atoms. The predicted octanol–water partition coefficient (Wildman–Crippen LogP) is -0.404. The molecule has 1 unspecified atom stereocenters. The Balaban J connectivity index is 2.25. The lowest BCUT2D eigenvalue weighted by atomic mass is 10.2. The molecule has 2 N–H and O–H groups in total. The Bertz CT molecular complexity index is 302. The third kappa shape index (κ3) is 6.54. The predicted molar refractivity (Wildman–Crippen MR) is 72.7 cm³/mol. The molecule has 110 valence electrons. The summed E-state index contributed by atoms with van der Waals surface area (Å²) in [4.78, 5) is 25.0. The van der Waals surface area contributed by atoms with E-state index in [1.54, 1.807) is 7.05 Å². The number of hydrogen-bond acceptors (Lipinski definition) is 4. The average Bonchev–Trinajstić information content (AvgIpc) is 2.37. The normalized spacial score (nSPS) is 19.3. The first-order chi connectivity index (χ1) is 8.99. The summed E-state index contributed by atoms with van der Waals surface area (Å²) in [5.74, 6) is 0.229. The zero-order chi connectivity index (χ0) is 14.3. The molecule has 6 heteroatoms. The number of carbonyl (C=O) groups is 2. The lowest BCUT2D eigenvalue weighted by Gasteiger charge is -2.25. The van der Waals surface area contributed by atoms with E-state index in [0.29, 0.717) is 32.0 Å². The zero-order valence-electron chi connectivity index (χ0n) is 12.1. The maximum Gasteiger partial charge on any atom is 0.239 e. The summed E-state index contributed by atoms with van der Waals surface area (Å²) < 4.78 is 5.47. The van der Waals surface area contributed by atoms with Crippen LogP contribution in [0, 0.1) is 5.92 Å². The fourth-order valence-corrected chi connectivity index (χ4v) is 1.78. The Hall–Kier alpha value is -1.14. The molecule has 0 aromatic rings. The van der Waals surface area contributed by atoms with Crippen molar-refractivity contribution in [3.05, 3.63) is 0 Å². The number of rotatable bonds is 6. The molecule has 1 aliphatic rings. The lowest BCUT2D eigenvalue weighted by Crippen LogP contribution is -2.44. The van der Waals surface area contributed by atoms with Gasteiger partial charge in [-0.25, -0.2) is 0 Å². The maximum absolute atomic E-state index is 11.9. The van der Waals surface area contributed by atoms with Gasteiger partial charge in [0.2, 0.25) is 11.8 Å². The SMILES string of the molecule is CC(C)CNC(=O)CN(C)C(=O)CC1CNCCO1. The van der Waals surface area contributed by atoms with Gasteiger partial charge in [-0.05, 0) is 5.92 Å². The van der Waals surface area contributed by atoms with Crippen molar-refractivity contribution in [3.8, 4) is 0 Å². The van der Waals surface area contributed by atoms with Crippen LogP contribution in [0.2, 0.25) is 0 Å². The first-order valence-corrected chi connectivity index (χ1v) is 6.82. The first-order valence-electron chi connectivity index (χ1n) is 6.82. The van der Waals surface area contributed by atoms with Crippen molar-refractivity contribution in [2.24, 2.45) is 5.92 Å². The molecule has 19 heavy (non-hydrogen) atoms. The van der Waals surface area contributed by atoms with Crippen LogP contribution in [0.4, 0.5) is 0 Å². The molecule has 0 spiro atoms. The number of amides is 2. The van der Waals surface area contributed by atoms with Gasteiger partial charge in [0.15, 0.2) is 0 Å². The van der Waals surface area contributed by atoms with Gasteiger partial charge < -0.3 is 20.3 Å². The standard InChI is InChI=1S/C13H25N3O3/c1-10(2)7-15-12(17)9-16(3)13(18)6-11-8-14-4-5-19-11/h10-11,14H,4-9H2,1-3H3,(H,15,17). The highest BCUT2D eigenvalue weighted by atomic mass is 16.5. The van der Waals surface area contributed by atoms with Crippen molar-refractivity contribution in [3.63, 3.8) is 0 Å². The highest BCUT2D eigenvalue weighted by molar-refractivity contribution is 5.84. The van der Waals surface area contributed by atoms with E-state index in [2.05, 4.69) is 10.6 Å². The second kappa shape index (κ2) is 8.12. The monoisotopic (exact) mass is 271 g/mol. The maximum atomic E-state index is 11.9. The summed E-state index contributed by atoms with van der Waals surface area (Å²) in [6.45, 7) is 6.96. The largest absolute Gasteiger partial charge is 0.375 e. The molecule has 1 rings (SSSR count). The average molecular weight is 271 g/mol. The Kier molecular flexibility index (Phi) is 6.80. The molecule has 1 heterocycles. The van der Waals surface area contributed by atoms with Crippen LogP contribution < -0.4 is 10.6 Å². The summed E-state index contributed by atoms with van der Waals surface area (Å²) >= 11 is 0. The number of morpholine rings is 1. The van der Waals surface area contributed by atoms with E-state index in [1.165, 1.54) is 4.90 Å². The highest BCUT2D eigenvalue weighted by Gasteiger charge is 2.20. The number of nitrogens with one attached hydrogen (secondary N) is 2. The molecule has 0 aromatic carbocycles. The molecule has 0 aliphatic carbocycles. The minimum absolute atomic E-state index is 0.0617. The lowest BCUT2D eigenvalue weighted by molar-refractivity contribution is -0.137. The zero-order valence-corrected chi connectivity index (χ0v) is 12.1. The molecule has 0 aromatic heterocycles. The summed E-state index contributed by atoms with van der Waals surface area (Å²) in [6.07, 6.45) is 0.239. The van der Waals surface area contributed by atoms with Gasteiger partial charge in [-0.2, -0.15) is 0 Å². The number of nitrogens with zero attached hydrogens (tertiary/aromatic N) is 1. The van der Waals surface area contributed by atoms with Crippen LogP contribution in [0.15, 0.2) is 0 Å². The number of carbonyl (C=O) groups excluding carboxylic acids is 2. The molecule has 1 atom stereocenters. The molecular weight excluding hydrogens is 246 g/mol. The van der Waals surface area contributed by atoms with Gasteiger partial charge >= 0.3 is 0 Å². The van der Waals surface area contributed by atoms with Gasteiger partial charge in [-0.3, -0.25) is 9.59 Å². The molecule has 0 radical (unpaired) electrons. The first kappa shape index (κ1) is 15.9. The highest BCUT2D eigenvalue weighted by Crippen LogP contribution is 2.04. The molecule has 1 fully saturated rings. The van der Waals surface area contributed by atoms with Crippen molar-refractivity contribution in [2.75, 3.05) is 39.8 Å². The minimum Gasteiger partial charge on any atom is -0.375 e. The molecule has 0 saturated carbocycles. The molecule has 6 nitrogen and oxygen atoms in total. The molecule has 1 saturated heterocycles. The third-order valence-corrected chi connectivity index (χ3v) is 2.92. The van der Waals surface area contributed by atoms with Crippen molar-refractivity contribution < 1.29 is 14.3 Å². The quantitative estimate of drug-likeness (QED) is 0.689. The van der Waals surface area contributed by atoms with E-state index >= 15 is 0 Å². The van der Waals surface area contributed by atoms with Crippen molar-refractivity contribution in [2.45, 2.75) is 26.4 Å².